The standard InChI is InChI=1S/C18H22N2O2S2/c1-4-14-9-10-17(23-14)24(21,22)20-18(2,3)11-13-12-19-16-8-6-5-7-15(13)16/h5-10,12,19-20H,4,11H2,1-3H3. The molecule has 0 fully saturated rings. The Bertz CT molecular complexity index is 952. The van der Waals surface area contributed by atoms with Crippen LogP contribution in [0, 0.1) is 0 Å². The molecule has 0 aliphatic carbocycles. The highest BCUT2D eigenvalue weighted by molar-refractivity contribution is 7.91. The molecule has 2 heterocycles. The molecule has 0 spiro atoms. The number of hydrogen-bond donors (Lipinski definition) is 2. The molecule has 2 N–H and O–H groups in total. The van der Waals surface area contributed by atoms with Crippen LogP contribution in [0.15, 0.2) is 46.8 Å². The van der Waals surface area contributed by atoms with Crippen LogP contribution in [0.5, 0.6) is 0 Å². The van der Waals surface area contributed by atoms with E-state index >= 15 is 0 Å². The zero-order valence-electron chi connectivity index (χ0n) is 14.1. The molecular weight excluding hydrogens is 340 g/mol. The van der Waals surface area contributed by atoms with Gasteiger partial charge in [0.05, 0.1) is 0 Å². The molecule has 0 aliphatic heterocycles. The van der Waals surface area contributed by atoms with Gasteiger partial charge in [-0.15, -0.1) is 11.3 Å². The van der Waals surface area contributed by atoms with E-state index in [0.717, 1.165) is 27.8 Å². The number of sulfonamides is 1. The number of para-hydroxylation sites is 1. The Hall–Kier alpha value is -1.63. The summed E-state index contributed by atoms with van der Waals surface area (Å²) in [6.07, 6.45) is 3.42. The van der Waals surface area contributed by atoms with Crippen LogP contribution in [0.2, 0.25) is 0 Å². The lowest BCUT2D eigenvalue weighted by Crippen LogP contribution is -2.44. The maximum absolute atomic E-state index is 12.7. The quantitative estimate of drug-likeness (QED) is 0.694. The van der Waals surface area contributed by atoms with E-state index in [-0.39, 0.29) is 0 Å². The predicted octanol–water partition coefficient (Wildman–Crippen LogP) is 4.09. The molecule has 0 amide bonds. The van der Waals surface area contributed by atoms with Crippen LogP contribution in [-0.4, -0.2) is 18.9 Å². The first-order valence-corrected chi connectivity index (χ1v) is 10.3. The van der Waals surface area contributed by atoms with E-state index in [2.05, 4.69) is 15.8 Å². The van der Waals surface area contributed by atoms with Gasteiger partial charge in [-0.3, -0.25) is 0 Å². The van der Waals surface area contributed by atoms with Crippen LogP contribution in [0.1, 0.15) is 31.2 Å². The van der Waals surface area contributed by atoms with Gasteiger partial charge in [-0.2, -0.15) is 0 Å². The maximum atomic E-state index is 12.7. The molecule has 4 nitrogen and oxygen atoms in total. The molecule has 0 atom stereocenters. The highest BCUT2D eigenvalue weighted by Gasteiger charge is 2.28. The number of hydrogen-bond acceptors (Lipinski definition) is 3. The summed E-state index contributed by atoms with van der Waals surface area (Å²) in [6, 6.07) is 11.6. The average molecular weight is 363 g/mol. The van der Waals surface area contributed by atoms with Gasteiger partial charge < -0.3 is 4.98 Å². The van der Waals surface area contributed by atoms with Crippen molar-refractivity contribution in [2.45, 2.75) is 43.4 Å². The number of aromatic amines is 1. The van der Waals surface area contributed by atoms with Crippen LogP contribution in [-0.2, 0) is 22.9 Å². The number of nitrogens with one attached hydrogen (secondary N) is 2. The van der Waals surface area contributed by atoms with Crippen molar-refractivity contribution in [3.05, 3.63) is 53.0 Å². The fourth-order valence-corrected chi connectivity index (χ4v) is 5.60. The van der Waals surface area contributed by atoms with E-state index in [0.29, 0.717) is 10.6 Å². The minimum atomic E-state index is -3.51. The highest BCUT2D eigenvalue weighted by atomic mass is 32.2. The normalized spacial score (nSPS) is 12.8. The SMILES string of the molecule is CCc1ccc(S(=O)(=O)NC(C)(C)Cc2c[nH]c3ccccc23)s1. The van der Waals surface area contributed by atoms with E-state index in [1.54, 1.807) is 6.07 Å². The van der Waals surface area contributed by atoms with Crippen LogP contribution in [0.3, 0.4) is 0 Å². The van der Waals surface area contributed by atoms with Crippen molar-refractivity contribution in [1.29, 1.82) is 0 Å². The summed E-state index contributed by atoms with van der Waals surface area (Å²) in [5, 5.41) is 1.13. The van der Waals surface area contributed by atoms with Gasteiger partial charge in [0, 0.05) is 27.5 Å². The Labute approximate surface area is 147 Å². The molecule has 0 bridgehead atoms. The van der Waals surface area contributed by atoms with Crippen molar-refractivity contribution in [1.82, 2.24) is 9.71 Å². The first-order chi connectivity index (χ1) is 11.3. The molecule has 6 heteroatoms. The zero-order chi connectivity index (χ0) is 17.4. The lowest BCUT2D eigenvalue weighted by atomic mass is 9.96. The summed E-state index contributed by atoms with van der Waals surface area (Å²) in [4.78, 5) is 4.31. The van der Waals surface area contributed by atoms with Crippen molar-refractivity contribution in [2.75, 3.05) is 0 Å². The van der Waals surface area contributed by atoms with Crippen LogP contribution in [0.4, 0.5) is 0 Å². The third-order valence-corrected chi connectivity index (χ3v) is 7.39. The largest absolute Gasteiger partial charge is 0.361 e. The van der Waals surface area contributed by atoms with Crippen molar-refractivity contribution in [3.8, 4) is 0 Å². The number of aromatic nitrogens is 1. The van der Waals surface area contributed by atoms with Crippen molar-refractivity contribution in [3.63, 3.8) is 0 Å². The summed E-state index contributed by atoms with van der Waals surface area (Å²) in [5.74, 6) is 0. The van der Waals surface area contributed by atoms with Crippen LogP contribution >= 0.6 is 11.3 Å². The molecule has 128 valence electrons. The second kappa shape index (κ2) is 6.35. The minimum absolute atomic E-state index is 0.381. The van der Waals surface area contributed by atoms with Gasteiger partial charge >= 0.3 is 0 Å². The lowest BCUT2D eigenvalue weighted by Gasteiger charge is -2.25. The molecule has 1 aromatic carbocycles. The van der Waals surface area contributed by atoms with E-state index in [9.17, 15) is 8.42 Å². The van der Waals surface area contributed by atoms with Crippen LogP contribution < -0.4 is 4.72 Å². The Morgan fingerprint density at radius 2 is 1.92 bits per heavy atom. The Kier molecular flexibility index (Phi) is 4.55. The Balaban J connectivity index is 1.82. The van der Waals surface area contributed by atoms with E-state index < -0.39 is 15.6 Å². The van der Waals surface area contributed by atoms with Gasteiger partial charge in [0.15, 0.2) is 0 Å². The number of H-pyrrole nitrogens is 1. The van der Waals surface area contributed by atoms with Gasteiger partial charge in [-0.05, 0) is 50.5 Å². The van der Waals surface area contributed by atoms with E-state index in [4.69, 9.17) is 0 Å². The van der Waals surface area contributed by atoms with E-state index in [1.165, 1.54) is 11.3 Å². The first kappa shape index (κ1) is 17.2. The molecule has 0 radical (unpaired) electrons. The lowest BCUT2D eigenvalue weighted by molar-refractivity contribution is 0.452. The Morgan fingerprint density at radius 3 is 2.62 bits per heavy atom. The summed E-state index contributed by atoms with van der Waals surface area (Å²) in [5.41, 5.74) is 1.59. The van der Waals surface area contributed by atoms with Gasteiger partial charge in [0.25, 0.3) is 10.0 Å². The van der Waals surface area contributed by atoms with Gasteiger partial charge in [0.2, 0.25) is 0 Å². The van der Waals surface area contributed by atoms with Crippen molar-refractivity contribution < 1.29 is 8.42 Å². The number of benzene rings is 1. The second-order valence-corrected chi connectivity index (χ2v) is 9.68. The van der Waals surface area contributed by atoms with Gasteiger partial charge in [-0.25, -0.2) is 13.1 Å². The molecular formula is C18H22N2O2S2. The molecule has 0 aliphatic rings. The monoisotopic (exact) mass is 362 g/mol. The first-order valence-electron chi connectivity index (χ1n) is 7.98. The third kappa shape index (κ3) is 3.55. The van der Waals surface area contributed by atoms with Gasteiger partial charge in [0.1, 0.15) is 4.21 Å². The third-order valence-electron chi connectivity index (χ3n) is 3.97. The van der Waals surface area contributed by atoms with Gasteiger partial charge in [-0.1, -0.05) is 25.1 Å². The van der Waals surface area contributed by atoms with Crippen LogP contribution in [0.25, 0.3) is 10.9 Å². The smallest absolute Gasteiger partial charge is 0.250 e. The number of fused-ring (bicyclic) bond motifs is 1. The summed E-state index contributed by atoms with van der Waals surface area (Å²) >= 11 is 1.33. The summed E-state index contributed by atoms with van der Waals surface area (Å²) < 4.78 is 28.6. The van der Waals surface area contributed by atoms with E-state index in [1.807, 2.05) is 51.2 Å². The minimum Gasteiger partial charge on any atom is -0.361 e. The molecule has 3 aromatic rings. The number of rotatable bonds is 6. The highest BCUT2D eigenvalue weighted by Crippen LogP contribution is 2.26. The zero-order valence-corrected chi connectivity index (χ0v) is 15.7. The molecule has 3 rings (SSSR count). The number of aryl methyl sites for hydroxylation is 1. The number of thiophene rings is 1. The topological polar surface area (TPSA) is 62.0 Å². The Morgan fingerprint density at radius 1 is 1.17 bits per heavy atom. The molecule has 24 heavy (non-hydrogen) atoms. The van der Waals surface area contributed by atoms with Crippen molar-refractivity contribution >= 4 is 32.3 Å². The summed E-state index contributed by atoms with van der Waals surface area (Å²) in [7, 11) is -3.51. The second-order valence-electron chi connectivity index (χ2n) is 6.60. The molecule has 2 aromatic heterocycles. The fourth-order valence-electron chi connectivity index (χ4n) is 2.90. The molecule has 0 saturated carbocycles. The molecule has 0 saturated heterocycles. The predicted molar refractivity (Wildman–Crippen MR) is 100 cm³/mol. The molecule has 0 unspecified atom stereocenters. The van der Waals surface area contributed by atoms with Crippen molar-refractivity contribution in [2.24, 2.45) is 0 Å². The average Bonchev–Trinajstić information content (AvgIpc) is 3.14. The summed E-state index contributed by atoms with van der Waals surface area (Å²) in [6.45, 7) is 5.86. The fraction of sp³-hybridized carbons (Fsp3) is 0.333. The maximum Gasteiger partial charge on any atom is 0.250 e.